The highest BCUT2D eigenvalue weighted by atomic mass is 35.5. The lowest BCUT2D eigenvalue weighted by Gasteiger charge is -2.15. The van der Waals surface area contributed by atoms with Gasteiger partial charge in [-0.25, -0.2) is 13.8 Å². The fourth-order valence-corrected chi connectivity index (χ4v) is 3.83. The lowest BCUT2D eigenvalue weighted by molar-refractivity contribution is 0.149. The van der Waals surface area contributed by atoms with Gasteiger partial charge in [0, 0.05) is 18.7 Å². The zero-order chi connectivity index (χ0) is 24.6. The van der Waals surface area contributed by atoms with Crippen LogP contribution in [0.25, 0.3) is 11.0 Å². The summed E-state index contributed by atoms with van der Waals surface area (Å²) in [6.07, 6.45) is -2.71. The molecule has 3 heterocycles. The van der Waals surface area contributed by atoms with Crippen molar-refractivity contribution in [1.82, 2.24) is 25.0 Å². The third-order valence-electron chi connectivity index (χ3n) is 5.14. The number of para-hydroxylation sites is 1. The number of benzene rings is 1. The number of halogens is 3. The Kier molecular flexibility index (Phi) is 6.38. The number of fused-ring (bicyclic) bond motifs is 1. The van der Waals surface area contributed by atoms with Crippen LogP contribution in [0.3, 0.4) is 0 Å². The minimum Gasteiger partial charge on any atom is -0.493 e. The Morgan fingerprint density at radius 3 is 2.56 bits per heavy atom. The van der Waals surface area contributed by atoms with Crippen LogP contribution in [0.1, 0.15) is 37.4 Å². The van der Waals surface area contributed by atoms with Crippen LogP contribution in [-0.2, 0) is 7.05 Å². The van der Waals surface area contributed by atoms with E-state index in [1.165, 1.54) is 17.9 Å². The van der Waals surface area contributed by atoms with Crippen molar-refractivity contribution in [3.63, 3.8) is 0 Å². The number of anilines is 4. The van der Waals surface area contributed by atoms with Crippen LogP contribution >= 0.6 is 11.6 Å². The topological polar surface area (TPSA) is 110 Å². The maximum Gasteiger partial charge on any atom is 0.277 e. The van der Waals surface area contributed by atoms with E-state index in [1.54, 1.807) is 45.2 Å². The normalized spacial score (nSPS) is 11.4. The number of rotatable bonds is 7. The van der Waals surface area contributed by atoms with E-state index in [0.717, 1.165) is 0 Å². The quantitative estimate of drug-likeness (QED) is 0.324. The van der Waals surface area contributed by atoms with Crippen molar-refractivity contribution in [3.8, 4) is 5.75 Å². The van der Waals surface area contributed by atoms with Crippen LogP contribution in [0.4, 0.5) is 31.8 Å². The molecule has 1 aromatic carbocycles. The molecule has 0 saturated heterocycles. The van der Waals surface area contributed by atoms with Gasteiger partial charge in [-0.1, -0.05) is 31.5 Å². The summed E-state index contributed by atoms with van der Waals surface area (Å²) >= 11 is 6.23. The van der Waals surface area contributed by atoms with Gasteiger partial charge in [-0.3, -0.25) is 14.6 Å². The standard InChI is InChI=1S/C22H22ClF2N7O2/c1-10(2)18-11(20(24)25)8-16(29-30-18)27-15-9-14(17-21(28-15)31-32(3)22(17)33)26-13-7-5-6-12(23)19(13)34-4/h5-10,20H,1-4H3,(H3,26,27,28,29,31). The molecule has 0 aliphatic carbocycles. The second-order valence-electron chi connectivity index (χ2n) is 7.85. The third kappa shape index (κ3) is 4.38. The van der Waals surface area contributed by atoms with Crippen LogP contribution in [0, 0.1) is 0 Å². The minimum absolute atomic E-state index is 0.0936. The number of hydrogen-bond acceptors (Lipinski definition) is 7. The number of hydrogen-bond donors (Lipinski definition) is 3. The van der Waals surface area contributed by atoms with Crippen LogP contribution < -0.4 is 20.9 Å². The van der Waals surface area contributed by atoms with E-state index in [4.69, 9.17) is 16.3 Å². The molecule has 3 N–H and O–H groups in total. The number of alkyl halides is 2. The molecule has 4 aromatic rings. The molecule has 0 unspecified atom stereocenters. The number of nitrogens with one attached hydrogen (secondary N) is 3. The van der Waals surface area contributed by atoms with Gasteiger partial charge >= 0.3 is 0 Å². The summed E-state index contributed by atoms with van der Waals surface area (Å²) in [5.41, 5.74) is 0.921. The predicted molar refractivity (Wildman–Crippen MR) is 127 cm³/mol. The Bertz CT molecular complexity index is 1420. The molecule has 0 aliphatic heterocycles. The van der Waals surface area contributed by atoms with Crippen LogP contribution in [0.2, 0.25) is 5.02 Å². The van der Waals surface area contributed by atoms with E-state index in [9.17, 15) is 13.6 Å². The summed E-state index contributed by atoms with van der Waals surface area (Å²) in [5, 5.41) is 17.6. The Morgan fingerprint density at radius 1 is 1.12 bits per heavy atom. The van der Waals surface area contributed by atoms with E-state index in [0.29, 0.717) is 27.5 Å². The Hall–Kier alpha value is -3.73. The smallest absolute Gasteiger partial charge is 0.277 e. The highest BCUT2D eigenvalue weighted by Crippen LogP contribution is 2.36. The third-order valence-corrected chi connectivity index (χ3v) is 5.44. The highest BCUT2D eigenvalue weighted by molar-refractivity contribution is 6.32. The predicted octanol–water partition coefficient (Wildman–Crippen LogP) is 5.26. The number of methoxy groups -OCH3 is 1. The molecule has 34 heavy (non-hydrogen) atoms. The van der Waals surface area contributed by atoms with E-state index < -0.39 is 6.43 Å². The van der Waals surface area contributed by atoms with Gasteiger partial charge in [0.05, 0.1) is 29.2 Å². The number of aromatic nitrogens is 5. The zero-order valence-corrected chi connectivity index (χ0v) is 19.5. The lowest BCUT2D eigenvalue weighted by Crippen LogP contribution is -2.12. The second-order valence-corrected chi connectivity index (χ2v) is 8.26. The molecular weight excluding hydrogens is 468 g/mol. The molecule has 9 nitrogen and oxygen atoms in total. The van der Waals surface area contributed by atoms with Crippen molar-refractivity contribution >= 4 is 45.6 Å². The van der Waals surface area contributed by atoms with Gasteiger partial charge in [-0.05, 0) is 24.1 Å². The molecule has 0 aliphatic rings. The first-order valence-corrected chi connectivity index (χ1v) is 10.7. The van der Waals surface area contributed by atoms with Crippen molar-refractivity contribution in [2.24, 2.45) is 7.05 Å². The SMILES string of the molecule is COc1c(Cl)cccc1Nc1cc(Nc2cc(C(F)F)c(C(C)C)nn2)nc2[nH]n(C)c(=O)c12. The summed E-state index contributed by atoms with van der Waals surface area (Å²) in [4.78, 5) is 17.1. The van der Waals surface area contributed by atoms with E-state index in [1.807, 2.05) is 0 Å². The first-order valence-electron chi connectivity index (χ1n) is 10.3. The molecule has 0 atom stereocenters. The molecule has 0 bridgehead atoms. The summed E-state index contributed by atoms with van der Waals surface area (Å²) < 4.78 is 33.8. The van der Waals surface area contributed by atoms with Crippen molar-refractivity contribution in [1.29, 1.82) is 0 Å². The molecule has 3 aromatic heterocycles. The Labute approximate surface area is 198 Å². The average molecular weight is 490 g/mol. The molecule has 12 heteroatoms. The van der Waals surface area contributed by atoms with Gasteiger partial charge in [-0.2, -0.15) is 5.10 Å². The fraction of sp³-hybridized carbons (Fsp3) is 0.273. The summed E-state index contributed by atoms with van der Waals surface area (Å²) in [7, 11) is 3.04. The van der Waals surface area contributed by atoms with Crippen molar-refractivity contribution in [3.05, 3.63) is 57.0 Å². The average Bonchev–Trinajstić information content (AvgIpc) is 3.07. The Balaban J connectivity index is 1.80. The zero-order valence-electron chi connectivity index (χ0n) is 18.8. The first-order chi connectivity index (χ1) is 16.2. The summed E-state index contributed by atoms with van der Waals surface area (Å²) in [6.45, 7) is 3.54. The largest absolute Gasteiger partial charge is 0.493 e. The summed E-state index contributed by atoms with van der Waals surface area (Å²) in [6, 6.07) is 7.97. The molecular formula is C22H22ClF2N7O2. The second kappa shape index (κ2) is 9.26. The summed E-state index contributed by atoms with van der Waals surface area (Å²) in [5.74, 6) is 0.534. The molecule has 0 fully saturated rings. The molecule has 0 amide bonds. The van der Waals surface area contributed by atoms with Crippen molar-refractivity contribution in [2.75, 3.05) is 17.7 Å². The number of aromatic amines is 1. The number of nitrogens with zero attached hydrogens (tertiary/aromatic N) is 4. The van der Waals surface area contributed by atoms with Gasteiger partial charge < -0.3 is 15.4 Å². The monoisotopic (exact) mass is 489 g/mol. The van der Waals surface area contributed by atoms with Gasteiger partial charge in [0.15, 0.2) is 17.2 Å². The van der Waals surface area contributed by atoms with Crippen LogP contribution in [0.5, 0.6) is 5.75 Å². The lowest BCUT2D eigenvalue weighted by atomic mass is 10.1. The maximum atomic E-state index is 13.6. The van der Waals surface area contributed by atoms with E-state index in [-0.39, 0.29) is 40.0 Å². The minimum atomic E-state index is -2.71. The van der Waals surface area contributed by atoms with Gasteiger partial charge in [-0.15, -0.1) is 5.10 Å². The Morgan fingerprint density at radius 2 is 1.88 bits per heavy atom. The van der Waals surface area contributed by atoms with Gasteiger partial charge in [0.25, 0.3) is 12.0 Å². The number of ether oxygens (including phenoxy) is 1. The van der Waals surface area contributed by atoms with Gasteiger partial charge in [0.2, 0.25) is 0 Å². The van der Waals surface area contributed by atoms with E-state index >= 15 is 0 Å². The number of H-pyrrole nitrogens is 1. The molecule has 178 valence electrons. The highest BCUT2D eigenvalue weighted by Gasteiger charge is 2.20. The van der Waals surface area contributed by atoms with Gasteiger partial charge in [0.1, 0.15) is 11.2 Å². The first kappa shape index (κ1) is 23.4. The van der Waals surface area contributed by atoms with Crippen molar-refractivity contribution in [2.45, 2.75) is 26.2 Å². The van der Waals surface area contributed by atoms with Crippen LogP contribution in [0.15, 0.2) is 35.1 Å². The van der Waals surface area contributed by atoms with E-state index in [2.05, 4.69) is 30.9 Å². The van der Waals surface area contributed by atoms with Crippen LogP contribution in [-0.4, -0.2) is 32.1 Å². The molecule has 0 spiro atoms. The molecule has 0 radical (unpaired) electrons. The fourth-order valence-electron chi connectivity index (χ4n) is 3.57. The van der Waals surface area contributed by atoms with Crippen molar-refractivity contribution < 1.29 is 13.5 Å². The molecule has 4 rings (SSSR count). The molecule has 0 saturated carbocycles. The number of aryl methyl sites for hydroxylation is 1. The maximum absolute atomic E-state index is 13.6. The number of pyridine rings is 1.